The minimum absolute atomic E-state index is 0.212. The van der Waals surface area contributed by atoms with E-state index in [1.807, 2.05) is 13.8 Å². The molecule has 0 aliphatic heterocycles. The van der Waals surface area contributed by atoms with Gasteiger partial charge in [0.05, 0.1) is 0 Å². The van der Waals surface area contributed by atoms with Crippen LogP contribution in [0, 0.1) is 5.41 Å². The Balaban J connectivity index is 4.09. The summed E-state index contributed by atoms with van der Waals surface area (Å²) in [5.74, 6) is 0.334. The van der Waals surface area contributed by atoms with Crippen molar-refractivity contribution in [2.45, 2.75) is 66.2 Å². The summed E-state index contributed by atoms with van der Waals surface area (Å²) in [6.45, 7) is 12.0. The van der Waals surface area contributed by atoms with E-state index in [0.717, 1.165) is 19.4 Å². The molecule has 0 aliphatic rings. The zero-order valence-electron chi connectivity index (χ0n) is 13.3. The molecule has 0 rings (SSSR count). The first-order valence-corrected chi connectivity index (χ1v) is 7.68. The topological polar surface area (TPSA) is 61.8 Å². The number of unbranched alkanes of at least 4 members (excludes halogenated alkanes) is 2. The third kappa shape index (κ3) is 8.09. The summed E-state index contributed by atoms with van der Waals surface area (Å²) < 4.78 is 0. The minimum atomic E-state index is -0.212. The number of hydrogen-bond donors (Lipinski definition) is 2. The predicted octanol–water partition coefficient (Wildman–Crippen LogP) is 3.44. The smallest absolute Gasteiger partial charge is 0.144 e. The Bertz CT molecular complexity index is 244. The third-order valence-corrected chi connectivity index (χ3v) is 3.73. The van der Waals surface area contributed by atoms with Crippen molar-refractivity contribution in [3.63, 3.8) is 0 Å². The van der Waals surface area contributed by atoms with E-state index in [9.17, 15) is 0 Å². The van der Waals surface area contributed by atoms with Gasteiger partial charge >= 0.3 is 0 Å². The Morgan fingerprint density at radius 3 is 1.95 bits per heavy atom. The van der Waals surface area contributed by atoms with Gasteiger partial charge < -0.3 is 15.8 Å². The molecule has 0 fully saturated rings. The van der Waals surface area contributed by atoms with Crippen LogP contribution in [0.2, 0.25) is 0 Å². The summed E-state index contributed by atoms with van der Waals surface area (Å²) in [6.07, 6.45) is 7.09. The van der Waals surface area contributed by atoms with Crippen molar-refractivity contribution in [1.29, 1.82) is 0 Å². The largest absolute Gasteiger partial charge is 0.409 e. The fourth-order valence-corrected chi connectivity index (χ4v) is 2.11. The van der Waals surface area contributed by atoms with Gasteiger partial charge in [-0.05, 0) is 45.3 Å². The van der Waals surface area contributed by atoms with E-state index in [0.29, 0.717) is 5.84 Å². The average molecular weight is 271 g/mol. The van der Waals surface area contributed by atoms with Crippen molar-refractivity contribution in [2.24, 2.45) is 16.3 Å². The Labute approximate surface area is 119 Å². The van der Waals surface area contributed by atoms with Gasteiger partial charge in [0.15, 0.2) is 0 Å². The van der Waals surface area contributed by atoms with Crippen LogP contribution in [0.5, 0.6) is 0 Å². The molecule has 0 aliphatic carbocycles. The number of nitrogens with two attached hydrogens (primary N) is 1. The maximum atomic E-state index is 8.76. The Morgan fingerprint density at radius 1 is 1.05 bits per heavy atom. The van der Waals surface area contributed by atoms with Crippen LogP contribution in [0.15, 0.2) is 5.16 Å². The molecule has 0 heterocycles. The number of amidine groups is 1. The van der Waals surface area contributed by atoms with E-state index in [1.165, 1.54) is 38.8 Å². The minimum Gasteiger partial charge on any atom is -0.409 e. The Morgan fingerprint density at radius 2 is 1.53 bits per heavy atom. The maximum Gasteiger partial charge on any atom is 0.144 e. The highest BCUT2D eigenvalue weighted by atomic mass is 16.4. The first-order chi connectivity index (χ1) is 8.97. The SMILES string of the molecule is CCCCN(CCCC)CCCC(C)(C)C(N)=NO. The van der Waals surface area contributed by atoms with Gasteiger partial charge in [-0.2, -0.15) is 0 Å². The normalized spacial score (nSPS) is 13.2. The Kier molecular flexibility index (Phi) is 9.66. The molecule has 0 amide bonds. The van der Waals surface area contributed by atoms with Gasteiger partial charge in [0.2, 0.25) is 0 Å². The van der Waals surface area contributed by atoms with Crippen LogP contribution in [0.25, 0.3) is 0 Å². The molecule has 0 aromatic heterocycles. The van der Waals surface area contributed by atoms with Crippen LogP contribution >= 0.6 is 0 Å². The fraction of sp³-hybridized carbons (Fsp3) is 0.933. The molecule has 0 bridgehead atoms. The maximum absolute atomic E-state index is 8.76. The van der Waals surface area contributed by atoms with Crippen molar-refractivity contribution in [1.82, 2.24) is 4.90 Å². The summed E-state index contributed by atoms with van der Waals surface area (Å²) in [7, 11) is 0. The lowest BCUT2D eigenvalue weighted by atomic mass is 9.86. The van der Waals surface area contributed by atoms with Gasteiger partial charge in [-0.15, -0.1) is 0 Å². The highest BCUT2D eigenvalue weighted by Gasteiger charge is 2.23. The van der Waals surface area contributed by atoms with E-state index in [-0.39, 0.29) is 5.41 Å². The van der Waals surface area contributed by atoms with Crippen molar-refractivity contribution in [3.8, 4) is 0 Å². The van der Waals surface area contributed by atoms with E-state index >= 15 is 0 Å². The molecule has 4 heteroatoms. The number of oxime groups is 1. The fourth-order valence-electron chi connectivity index (χ4n) is 2.11. The van der Waals surface area contributed by atoms with Crippen molar-refractivity contribution in [3.05, 3.63) is 0 Å². The zero-order valence-corrected chi connectivity index (χ0v) is 13.3. The first-order valence-electron chi connectivity index (χ1n) is 7.68. The van der Waals surface area contributed by atoms with Gasteiger partial charge in [0.1, 0.15) is 5.84 Å². The molecule has 3 N–H and O–H groups in total. The van der Waals surface area contributed by atoms with E-state index in [1.54, 1.807) is 0 Å². The van der Waals surface area contributed by atoms with Gasteiger partial charge in [-0.25, -0.2) is 0 Å². The molecule has 0 atom stereocenters. The zero-order chi connectivity index (χ0) is 14.7. The van der Waals surface area contributed by atoms with E-state index in [4.69, 9.17) is 10.9 Å². The van der Waals surface area contributed by atoms with Crippen LogP contribution in [0.3, 0.4) is 0 Å². The molecule has 114 valence electrons. The first kappa shape index (κ1) is 18.2. The van der Waals surface area contributed by atoms with Gasteiger partial charge in [-0.1, -0.05) is 45.7 Å². The van der Waals surface area contributed by atoms with Crippen molar-refractivity contribution in [2.75, 3.05) is 19.6 Å². The molecule has 0 radical (unpaired) electrons. The van der Waals surface area contributed by atoms with Gasteiger partial charge in [0.25, 0.3) is 0 Å². The molecule has 0 unspecified atom stereocenters. The van der Waals surface area contributed by atoms with E-state index in [2.05, 4.69) is 23.9 Å². The number of rotatable bonds is 11. The molecule has 0 spiro atoms. The summed E-state index contributed by atoms with van der Waals surface area (Å²) >= 11 is 0. The lowest BCUT2D eigenvalue weighted by Crippen LogP contribution is -2.33. The molecular weight excluding hydrogens is 238 g/mol. The third-order valence-electron chi connectivity index (χ3n) is 3.73. The lowest BCUT2D eigenvalue weighted by Gasteiger charge is -2.26. The second kappa shape index (κ2) is 10.1. The Hall–Kier alpha value is -0.770. The quantitative estimate of drug-likeness (QED) is 0.262. The lowest BCUT2D eigenvalue weighted by molar-refractivity contribution is 0.248. The summed E-state index contributed by atoms with van der Waals surface area (Å²) in [5.41, 5.74) is 5.50. The molecule has 19 heavy (non-hydrogen) atoms. The summed E-state index contributed by atoms with van der Waals surface area (Å²) in [4.78, 5) is 2.55. The molecule has 4 nitrogen and oxygen atoms in total. The highest BCUT2D eigenvalue weighted by Crippen LogP contribution is 2.22. The highest BCUT2D eigenvalue weighted by molar-refractivity contribution is 5.85. The predicted molar refractivity (Wildman–Crippen MR) is 82.7 cm³/mol. The van der Waals surface area contributed by atoms with Gasteiger partial charge in [-0.3, -0.25) is 0 Å². The monoisotopic (exact) mass is 271 g/mol. The summed E-state index contributed by atoms with van der Waals surface area (Å²) in [5, 5.41) is 11.9. The van der Waals surface area contributed by atoms with Crippen LogP contribution in [-0.2, 0) is 0 Å². The second-order valence-electron chi connectivity index (χ2n) is 6.02. The molecule has 0 aromatic carbocycles. The standard InChI is InChI=1S/C15H33N3O/c1-5-7-11-18(12-8-6-2)13-9-10-15(3,4)14(16)17-19/h19H,5-13H2,1-4H3,(H2,16,17). The average Bonchev–Trinajstić information content (AvgIpc) is 2.39. The summed E-state index contributed by atoms with van der Waals surface area (Å²) in [6, 6.07) is 0. The molecular formula is C15H33N3O. The second-order valence-corrected chi connectivity index (χ2v) is 6.02. The van der Waals surface area contributed by atoms with Crippen LogP contribution < -0.4 is 5.73 Å². The van der Waals surface area contributed by atoms with Crippen LogP contribution in [0.1, 0.15) is 66.2 Å². The number of hydrogen-bond acceptors (Lipinski definition) is 3. The van der Waals surface area contributed by atoms with Crippen LogP contribution in [0.4, 0.5) is 0 Å². The van der Waals surface area contributed by atoms with E-state index < -0.39 is 0 Å². The molecule has 0 aromatic rings. The van der Waals surface area contributed by atoms with Crippen LogP contribution in [-0.4, -0.2) is 35.6 Å². The van der Waals surface area contributed by atoms with Crippen molar-refractivity contribution >= 4 is 5.84 Å². The van der Waals surface area contributed by atoms with Crippen molar-refractivity contribution < 1.29 is 5.21 Å². The number of nitrogens with zero attached hydrogens (tertiary/aromatic N) is 2. The van der Waals surface area contributed by atoms with Gasteiger partial charge in [0, 0.05) is 5.41 Å². The molecule has 0 saturated carbocycles. The molecule has 0 saturated heterocycles.